The zero-order valence-electron chi connectivity index (χ0n) is 11.0. The molecule has 0 radical (unpaired) electrons. The van der Waals surface area contributed by atoms with Crippen LogP contribution in [-0.2, 0) is 9.53 Å². The Morgan fingerprint density at radius 2 is 2.00 bits per heavy atom. The van der Waals surface area contributed by atoms with Crippen molar-refractivity contribution < 1.29 is 18.7 Å². The highest BCUT2D eigenvalue weighted by Gasteiger charge is 2.38. The van der Waals surface area contributed by atoms with Gasteiger partial charge in [-0.3, -0.25) is 4.79 Å². The monoisotopic (exact) mass is 255 g/mol. The fourth-order valence-electron chi connectivity index (χ4n) is 1.76. The second kappa shape index (κ2) is 5.35. The average Bonchev–Trinajstić information content (AvgIpc) is 2.36. The number of ether oxygens (including phenoxy) is 2. The van der Waals surface area contributed by atoms with Gasteiger partial charge in [0.1, 0.15) is 0 Å². The first-order valence-corrected chi connectivity index (χ1v) is 5.52. The topological polar surface area (TPSA) is 61.5 Å². The van der Waals surface area contributed by atoms with Gasteiger partial charge in [-0.25, -0.2) is 4.39 Å². The van der Waals surface area contributed by atoms with E-state index in [0.717, 1.165) is 0 Å². The maximum Gasteiger partial charge on any atom is 0.313 e. The van der Waals surface area contributed by atoms with E-state index in [4.69, 9.17) is 15.2 Å². The predicted molar refractivity (Wildman–Crippen MR) is 65.7 cm³/mol. The highest BCUT2D eigenvalue weighted by atomic mass is 19.1. The maximum atomic E-state index is 13.6. The third-order valence-electron chi connectivity index (χ3n) is 3.03. The Balaban J connectivity index is 3.22. The predicted octanol–water partition coefficient (Wildman–Crippen LogP) is 2.03. The maximum absolute atomic E-state index is 13.6. The Hall–Kier alpha value is -1.62. The van der Waals surface area contributed by atoms with Crippen molar-refractivity contribution in [3.05, 3.63) is 29.6 Å². The SMILES string of the molecule is COC(=O)C(C)(C)[C@@H](N)c1cccc(F)c1OC. The van der Waals surface area contributed by atoms with Crippen molar-refractivity contribution in [2.24, 2.45) is 11.1 Å². The van der Waals surface area contributed by atoms with Crippen LogP contribution < -0.4 is 10.5 Å². The summed E-state index contributed by atoms with van der Waals surface area (Å²) in [6.45, 7) is 3.29. The molecule has 0 fully saturated rings. The van der Waals surface area contributed by atoms with E-state index < -0.39 is 23.2 Å². The van der Waals surface area contributed by atoms with Gasteiger partial charge in [-0.05, 0) is 19.9 Å². The van der Waals surface area contributed by atoms with E-state index in [2.05, 4.69) is 0 Å². The van der Waals surface area contributed by atoms with Crippen molar-refractivity contribution >= 4 is 5.97 Å². The fourth-order valence-corrected chi connectivity index (χ4v) is 1.76. The minimum absolute atomic E-state index is 0.0574. The van der Waals surface area contributed by atoms with Crippen molar-refractivity contribution in [2.45, 2.75) is 19.9 Å². The molecule has 18 heavy (non-hydrogen) atoms. The Morgan fingerprint density at radius 1 is 1.39 bits per heavy atom. The van der Waals surface area contributed by atoms with E-state index in [1.54, 1.807) is 19.9 Å². The zero-order valence-corrected chi connectivity index (χ0v) is 11.0. The number of benzene rings is 1. The minimum Gasteiger partial charge on any atom is -0.493 e. The van der Waals surface area contributed by atoms with Gasteiger partial charge in [-0.2, -0.15) is 0 Å². The Morgan fingerprint density at radius 3 is 2.50 bits per heavy atom. The lowest BCUT2D eigenvalue weighted by Crippen LogP contribution is -2.37. The van der Waals surface area contributed by atoms with Crippen LogP contribution in [0.25, 0.3) is 0 Å². The van der Waals surface area contributed by atoms with Crippen molar-refractivity contribution in [3.8, 4) is 5.75 Å². The van der Waals surface area contributed by atoms with Crippen LogP contribution in [0.15, 0.2) is 18.2 Å². The van der Waals surface area contributed by atoms with Gasteiger partial charge in [-0.1, -0.05) is 12.1 Å². The normalized spacial score (nSPS) is 13.0. The van der Waals surface area contributed by atoms with Crippen LogP contribution in [0.1, 0.15) is 25.5 Å². The third-order valence-corrected chi connectivity index (χ3v) is 3.03. The zero-order chi connectivity index (χ0) is 13.9. The number of esters is 1. The molecule has 0 heterocycles. The average molecular weight is 255 g/mol. The molecule has 1 aromatic carbocycles. The smallest absolute Gasteiger partial charge is 0.313 e. The molecule has 0 spiro atoms. The lowest BCUT2D eigenvalue weighted by atomic mass is 9.80. The van der Waals surface area contributed by atoms with Gasteiger partial charge < -0.3 is 15.2 Å². The quantitative estimate of drug-likeness (QED) is 0.836. The van der Waals surface area contributed by atoms with Crippen LogP contribution >= 0.6 is 0 Å². The molecule has 0 amide bonds. The molecule has 4 nitrogen and oxygen atoms in total. The van der Waals surface area contributed by atoms with Gasteiger partial charge >= 0.3 is 5.97 Å². The van der Waals surface area contributed by atoms with E-state index in [0.29, 0.717) is 5.56 Å². The van der Waals surface area contributed by atoms with E-state index in [1.807, 2.05) is 0 Å². The second-order valence-electron chi connectivity index (χ2n) is 4.55. The first kappa shape index (κ1) is 14.4. The Bertz CT molecular complexity index is 446. The molecule has 0 bridgehead atoms. The largest absolute Gasteiger partial charge is 0.493 e. The molecule has 2 N–H and O–H groups in total. The molecule has 0 saturated heterocycles. The number of hydrogen-bond acceptors (Lipinski definition) is 4. The lowest BCUT2D eigenvalue weighted by Gasteiger charge is -2.29. The molecule has 0 aromatic heterocycles. The van der Waals surface area contributed by atoms with Crippen LogP contribution in [0.4, 0.5) is 4.39 Å². The van der Waals surface area contributed by atoms with Crippen LogP contribution in [-0.4, -0.2) is 20.2 Å². The third kappa shape index (κ3) is 2.46. The standard InChI is InChI=1S/C13H18FNO3/c1-13(2,12(16)18-4)11(15)8-6-5-7-9(14)10(8)17-3/h5-7,11H,15H2,1-4H3/t11-/m0/s1. The lowest BCUT2D eigenvalue weighted by molar-refractivity contribution is -0.152. The van der Waals surface area contributed by atoms with Crippen LogP contribution in [0.5, 0.6) is 5.75 Å². The van der Waals surface area contributed by atoms with Crippen molar-refractivity contribution in [1.29, 1.82) is 0 Å². The van der Waals surface area contributed by atoms with Gasteiger partial charge in [0, 0.05) is 11.6 Å². The summed E-state index contributed by atoms with van der Waals surface area (Å²) in [6.07, 6.45) is 0. The molecule has 100 valence electrons. The highest BCUT2D eigenvalue weighted by molar-refractivity contribution is 5.77. The van der Waals surface area contributed by atoms with E-state index >= 15 is 0 Å². The number of carbonyl (C=O) groups excluding carboxylic acids is 1. The molecule has 0 aliphatic rings. The van der Waals surface area contributed by atoms with Gasteiger partial charge in [0.05, 0.1) is 19.6 Å². The summed E-state index contributed by atoms with van der Waals surface area (Å²) in [7, 11) is 2.65. The molecular formula is C13H18FNO3. The molecule has 0 aliphatic heterocycles. The Kier molecular flexibility index (Phi) is 4.29. The van der Waals surface area contributed by atoms with Crippen LogP contribution in [0.3, 0.4) is 0 Å². The molecule has 1 atom stereocenters. The summed E-state index contributed by atoms with van der Waals surface area (Å²) in [5, 5.41) is 0. The van der Waals surface area contributed by atoms with Gasteiger partial charge in [0.2, 0.25) is 0 Å². The summed E-state index contributed by atoms with van der Waals surface area (Å²) in [6, 6.07) is 3.72. The number of carbonyl (C=O) groups is 1. The molecule has 0 aliphatic carbocycles. The summed E-state index contributed by atoms with van der Waals surface area (Å²) >= 11 is 0. The van der Waals surface area contributed by atoms with E-state index in [9.17, 15) is 9.18 Å². The van der Waals surface area contributed by atoms with Gasteiger partial charge in [-0.15, -0.1) is 0 Å². The molecule has 1 rings (SSSR count). The number of rotatable bonds is 4. The summed E-state index contributed by atoms with van der Waals surface area (Å²) in [5.41, 5.74) is 5.51. The van der Waals surface area contributed by atoms with E-state index in [-0.39, 0.29) is 5.75 Å². The van der Waals surface area contributed by atoms with Gasteiger partial charge in [0.15, 0.2) is 11.6 Å². The number of halogens is 1. The molecule has 0 saturated carbocycles. The minimum atomic E-state index is -0.976. The van der Waals surface area contributed by atoms with Gasteiger partial charge in [0.25, 0.3) is 0 Å². The van der Waals surface area contributed by atoms with Crippen molar-refractivity contribution in [1.82, 2.24) is 0 Å². The summed E-state index contributed by atoms with van der Waals surface area (Å²) in [5.74, 6) is -0.908. The highest BCUT2D eigenvalue weighted by Crippen LogP contribution is 2.37. The fraction of sp³-hybridized carbons (Fsp3) is 0.462. The Labute approximate surface area is 106 Å². The number of methoxy groups -OCH3 is 2. The molecule has 1 aromatic rings. The first-order chi connectivity index (χ1) is 8.36. The second-order valence-corrected chi connectivity index (χ2v) is 4.55. The number of para-hydroxylation sites is 1. The van der Waals surface area contributed by atoms with E-state index in [1.165, 1.54) is 26.4 Å². The van der Waals surface area contributed by atoms with Crippen molar-refractivity contribution in [2.75, 3.05) is 14.2 Å². The van der Waals surface area contributed by atoms with Crippen LogP contribution in [0.2, 0.25) is 0 Å². The number of nitrogens with two attached hydrogens (primary N) is 1. The first-order valence-electron chi connectivity index (χ1n) is 5.52. The molecule has 0 unspecified atom stereocenters. The summed E-state index contributed by atoms with van der Waals surface area (Å²) < 4.78 is 23.3. The van der Waals surface area contributed by atoms with Crippen LogP contribution in [0, 0.1) is 11.2 Å². The molecule has 5 heteroatoms. The number of hydrogen-bond donors (Lipinski definition) is 1. The van der Waals surface area contributed by atoms with Crippen molar-refractivity contribution in [3.63, 3.8) is 0 Å². The summed E-state index contributed by atoms with van der Waals surface area (Å²) in [4.78, 5) is 11.7. The molecular weight excluding hydrogens is 237 g/mol.